The minimum absolute atomic E-state index is 0.421. The smallest absolute Gasteiger partial charge is 0.155 e. The molecular formula is C33H38ClN5. The van der Waals surface area contributed by atoms with Crippen LogP contribution in [-0.2, 0) is 0 Å². The standard InChI is InChI=1S/C31H32ClN5.C2H6/c1-3-15-36(16-4-2)25-18-24(19-25)31-35-28(29-30(32)33-14-17-37(29)31)23-11-10-22-12-13-26(34-27(22)20-23)21-8-6-5-7-9-21;1-2/h5-14,17,20,24-25H,3-4,15-16,18-19H2,1-2H3;1-2H3. The fraction of sp³-hybridized carbons (Fsp3) is 0.364. The van der Waals surface area contributed by atoms with E-state index in [1.54, 1.807) is 6.20 Å². The maximum Gasteiger partial charge on any atom is 0.155 e. The average Bonchev–Trinajstić information content (AvgIpc) is 3.34. The molecule has 0 amide bonds. The van der Waals surface area contributed by atoms with E-state index < -0.39 is 0 Å². The molecule has 6 heteroatoms. The molecule has 6 rings (SSSR count). The summed E-state index contributed by atoms with van der Waals surface area (Å²) in [5, 5.41) is 1.59. The first-order valence-electron chi connectivity index (χ1n) is 14.4. The molecule has 0 saturated heterocycles. The molecule has 1 aliphatic carbocycles. The third kappa shape index (κ3) is 5.43. The van der Waals surface area contributed by atoms with Crippen LogP contribution >= 0.6 is 11.6 Å². The van der Waals surface area contributed by atoms with E-state index in [4.69, 9.17) is 21.6 Å². The first-order valence-corrected chi connectivity index (χ1v) is 14.8. The second-order valence-electron chi connectivity index (χ2n) is 10.1. The fourth-order valence-electron chi connectivity index (χ4n) is 5.70. The summed E-state index contributed by atoms with van der Waals surface area (Å²) in [5.41, 5.74) is 5.78. The molecule has 39 heavy (non-hydrogen) atoms. The molecule has 0 bridgehead atoms. The van der Waals surface area contributed by atoms with Crippen LogP contribution in [0.3, 0.4) is 0 Å². The lowest BCUT2D eigenvalue weighted by Crippen LogP contribution is -2.45. The first kappa shape index (κ1) is 27.3. The lowest BCUT2D eigenvalue weighted by atomic mass is 9.78. The second-order valence-corrected chi connectivity index (χ2v) is 10.4. The van der Waals surface area contributed by atoms with Crippen molar-refractivity contribution in [3.05, 3.63) is 84.0 Å². The highest BCUT2D eigenvalue weighted by atomic mass is 35.5. The van der Waals surface area contributed by atoms with Crippen LogP contribution in [0.25, 0.3) is 38.9 Å². The number of hydrogen-bond donors (Lipinski definition) is 0. The SMILES string of the molecule is CC.CCCN(CCC)C1CC(c2nc(-c3ccc4ccc(-c5ccccc5)nc4c3)c3c(Cl)nccn23)C1. The van der Waals surface area contributed by atoms with Gasteiger partial charge < -0.3 is 4.90 Å². The number of fused-ring (bicyclic) bond motifs is 2. The Morgan fingerprint density at radius 3 is 2.33 bits per heavy atom. The lowest BCUT2D eigenvalue weighted by Gasteiger charge is -2.42. The summed E-state index contributed by atoms with van der Waals surface area (Å²) in [4.78, 5) is 17.2. The number of halogens is 1. The van der Waals surface area contributed by atoms with E-state index in [2.05, 4.69) is 70.6 Å². The molecule has 0 radical (unpaired) electrons. The van der Waals surface area contributed by atoms with Crippen LogP contribution < -0.4 is 0 Å². The zero-order chi connectivity index (χ0) is 27.4. The van der Waals surface area contributed by atoms with Gasteiger partial charge in [-0.15, -0.1) is 0 Å². The van der Waals surface area contributed by atoms with Gasteiger partial charge in [0.1, 0.15) is 11.3 Å². The van der Waals surface area contributed by atoms with Crippen molar-refractivity contribution in [1.29, 1.82) is 0 Å². The number of imidazole rings is 1. The third-order valence-electron chi connectivity index (χ3n) is 7.59. The van der Waals surface area contributed by atoms with Crippen molar-refractivity contribution < 1.29 is 0 Å². The van der Waals surface area contributed by atoms with E-state index in [0.29, 0.717) is 17.1 Å². The number of aromatic nitrogens is 4. The molecule has 0 N–H and O–H groups in total. The van der Waals surface area contributed by atoms with E-state index in [1.807, 2.05) is 38.2 Å². The van der Waals surface area contributed by atoms with E-state index in [0.717, 1.165) is 57.6 Å². The normalized spacial score (nSPS) is 16.8. The molecule has 5 aromatic rings. The minimum atomic E-state index is 0.421. The molecule has 2 aromatic carbocycles. The summed E-state index contributed by atoms with van der Waals surface area (Å²) in [6.45, 7) is 10.9. The van der Waals surface area contributed by atoms with Crippen molar-refractivity contribution in [2.75, 3.05) is 13.1 Å². The quantitative estimate of drug-likeness (QED) is 0.198. The average molecular weight is 540 g/mol. The Balaban J connectivity index is 0.00000151. The van der Waals surface area contributed by atoms with Gasteiger partial charge in [-0.05, 0) is 50.9 Å². The predicted octanol–water partition coefficient (Wildman–Crippen LogP) is 8.66. The molecule has 1 saturated carbocycles. The van der Waals surface area contributed by atoms with E-state index in [1.165, 1.54) is 25.9 Å². The van der Waals surface area contributed by atoms with E-state index >= 15 is 0 Å². The Morgan fingerprint density at radius 1 is 0.897 bits per heavy atom. The van der Waals surface area contributed by atoms with Crippen LogP contribution in [0.1, 0.15) is 65.1 Å². The van der Waals surface area contributed by atoms with Crippen molar-refractivity contribution >= 4 is 28.0 Å². The Morgan fingerprint density at radius 2 is 1.62 bits per heavy atom. The Bertz CT molecular complexity index is 1530. The number of nitrogens with zero attached hydrogens (tertiary/aromatic N) is 5. The number of pyridine rings is 1. The molecule has 0 spiro atoms. The molecular weight excluding hydrogens is 502 g/mol. The summed E-state index contributed by atoms with van der Waals surface area (Å²) >= 11 is 6.68. The Hall–Kier alpha value is -3.28. The van der Waals surface area contributed by atoms with Crippen LogP contribution in [-0.4, -0.2) is 43.4 Å². The lowest BCUT2D eigenvalue weighted by molar-refractivity contribution is 0.105. The molecule has 3 heterocycles. The highest BCUT2D eigenvalue weighted by Crippen LogP contribution is 2.42. The Kier molecular flexibility index (Phi) is 8.59. The summed E-state index contributed by atoms with van der Waals surface area (Å²) in [5.74, 6) is 1.51. The fourth-order valence-corrected chi connectivity index (χ4v) is 5.93. The Labute approximate surface area is 236 Å². The van der Waals surface area contributed by atoms with Gasteiger partial charge in [0.2, 0.25) is 0 Å². The predicted molar refractivity (Wildman–Crippen MR) is 163 cm³/mol. The maximum atomic E-state index is 6.68. The molecule has 5 nitrogen and oxygen atoms in total. The molecule has 0 unspecified atom stereocenters. The summed E-state index contributed by atoms with van der Waals surface area (Å²) in [7, 11) is 0. The molecule has 0 atom stereocenters. The summed E-state index contributed by atoms with van der Waals surface area (Å²) in [6.07, 6.45) is 8.44. The van der Waals surface area contributed by atoms with Gasteiger partial charge in [0.25, 0.3) is 0 Å². The van der Waals surface area contributed by atoms with Gasteiger partial charge in [0.15, 0.2) is 5.15 Å². The molecule has 0 aliphatic heterocycles. The third-order valence-corrected chi connectivity index (χ3v) is 7.87. The first-order chi connectivity index (χ1) is 19.2. The van der Waals surface area contributed by atoms with Crippen LogP contribution in [0.15, 0.2) is 73.1 Å². The summed E-state index contributed by atoms with van der Waals surface area (Å²) < 4.78 is 2.16. The summed E-state index contributed by atoms with van der Waals surface area (Å²) in [6, 6.07) is 21.5. The number of rotatable bonds is 8. The largest absolute Gasteiger partial charge is 0.300 e. The van der Waals surface area contributed by atoms with Crippen molar-refractivity contribution in [3.63, 3.8) is 0 Å². The van der Waals surface area contributed by atoms with Gasteiger partial charge in [0, 0.05) is 40.9 Å². The monoisotopic (exact) mass is 539 g/mol. The van der Waals surface area contributed by atoms with Crippen LogP contribution in [0.4, 0.5) is 0 Å². The van der Waals surface area contributed by atoms with E-state index in [-0.39, 0.29) is 0 Å². The van der Waals surface area contributed by atoms with Gasteiger partial charge in [0.05, 0.1) is 16.9 Å². The van der Waals surface area contributed by atoms with Crippen molar-refractivity contribution in [2.45, 2.75) is 65.3 Å². The van der Waals surface area contributed by atoms with Gasteiger partial charge in [-0.1, -0.05) is 87.8 Å². The molecule has 3 aromatic heterocycles. The number of hydrogen-bond acceptors (Lipinski definition) is 4. The zero-order valence-electron chi connectivity index (χ0n) is 23.4. The van der Waals surface area contributed by atoms with Crippen molar-refractivity contribution in [3.8, 4) is 22.5 Å². The number of benzene rings is 2. The highest BCUT2D eigenvalue weighted by molar-refractivity contribution is 6.33. The van der Waals surface area contributed by atoms with Gasteiger partial charge >= 0.3 is 0 Å². The van der Waals surface area contributed by atoms with Crippen LogP contribution in [0.5, 0.6) is 0 Å². The maximum absolute atomic E-state index is 6.68. The van der Waals surface area contributed by atoms with Crippen molar-refractivity contribution in [2.24, 2.45) is 0 Å². The van der Waals surface area contributed by atoms with Crippen LogP contribution in [0.2, 0.25) is 5.15 Å². The molecule has 1 aliphatic rings. The van der Waals surface area contributed by atoms with Gasteiger partial charge in [-0.2, -0.15) is 0 Å². The highest BCUT2D eigenvalue weighted by Gasteiger charge is 2.37. The minimum Gasteiger partial charge on any atom is -0.300 e. The molecule has 202 valence electrons. The van der Waals surface area contributed by atoms with Crippen LogP contribution in [0, 0.1) is 0 Å². The van der Waals surface area contributed by atoms with Crippen molar-refractivity contribution in [1.82, 2.24) is 24.3 Å². The second kappa shape index (κ2) is 12.3. The zero-order valence-corrected chi connectivity index (χ0v) is 24.2. The topological polar surface area (TPSA) is 46.3 Å². The van der Waals surface area contributed by atoms with Gasteiger partial charge in [-0.25, -0.2) is 15.0 Å². The van der Waals surface area contributed by atoms with Gasteiger partial charge in [-0.3, -0.25) is 4.40 Å². The molecule has 1 fully saturated rings. The van der Waals surface area contributed by atoms with E-state index in [9.17, 15) is 0 Å².